The highest BCUT2D eigenvalue weighted by Crippen LogP contribution is 2.35. The van der Waals surface area contributed by atoms with Crippen molar-refractivity contribution in [3.05, 3.63) is 23.2 Å². The van der Waals surface area contributed by atoms with Gasteiger partial charge in [0.2, 0.25) is 5.91 Å². The summed E-state index contributed by atoms with van der Waals surface area (Å²) in [6.07, 6.45) is 1.22. The molecule has 0 spiro atoms. The van der Waals surface area contributed by atoms with Crippen molar-refractivity contribution in [1.82, 2.24) is 0 Å². The van der Waals surface area contributed by atoms with Gasteiger partial charge in [0.05, 0.1) is 25.7 Å². The molecule has 21 heavy (non-hydrogen) atoms. The summed E-state index contributed by atoms with van der Waals surface area (Å²) in [6, 6.07) is 5.01. The smallest absolute Gasteiger partial charge is 0.264 e. The first-order chi connectivity index (χ1) is 9.80. The second kappa shape index (κ2) is 6.21. The lowest BCUT2D eigenvalue weighted by molar-refractivity contribution is -0.117. The molecule has 1 amide bonds. The van der Waals surface area contributed by atoms with Gasteiger partial charge in [0.1, 0.15) is 5.75 Å². The summed E-state index contributed by atoms with van der Waals surface area (Å²) in [5, 5.41) is 0.495. The van der Waals surface area contributed by atoms with Gasteiger partial charge in [-0.15, -0.1) is 0 Å². The van der Waals surface area contributed by atoms with Crippen LogP contribution in [0.2, 0.25) is 5.02 Å². The van der Waals surface area contributed by atoms with E-state index in [9.17, 15) is 13.2 Å². The maximum atomic E-state index is 12.1. The molecule has 1 atom stereocenters. The minimum Gasteiger partial charge on any atom is -0.495 e. The summed E-state index contributed by atoms with van der Waals surface area (Å²) < 4.78 is 32.0. The highest BCUT2D eigenvalue weighted by molar-refractivity contribution is 7.85. The third-order valence-corrected chi connectivity index (χ3v) is 3.95. The van der Waals surface area contributed by atoms with E-state index in [1.807, 2.05) is 0 Å². The van der Waals surface area contributed by atoms with E-state index >= 15 is 0 Å². The van der Waals surface area contributed by atoms with E-state index in [0.717, 1.165) is 6.26 Å². The molecule has 0 radical (unpaired) electrons. The van der Waals surface area contributed by atoms with E-state index in [1.165, 1.54) is 7.11 Å². The molecule has 8 heteroatoms. The van der Waals surface area contributed by atoms with Crippen molar-refractivity contribution in [3.63, 3.8) is 0 Å². The molecule has 1 unspecified atom stereocenters. The van der Waals surface area contributed by atoms with Crippen LogP contribution in [0.5, 0.6) is 5.75 Å². The second-order valence-corrected chi connectivity index (χ2v) is 6.96. The molecule has 1 heterocycles. The fraction of sp³-hybridized carbons (Fsp3) is 0.462. The first-order valence-electron chi connectivity index (χ1n) is 6.28. The number of hydrogen-bond acceptors (Lipinski definition) is 5. The minimum atomic E-state index is -3.51. The number of halogens is 1. The predicted octanol–water partition coefficient (Wildman–Crippen LogP) is 1.68. The Balaban J connectivity index is 2.15. The van der Waals surface area contributed by atoms with E-state index in [0.29, 0.717) is 23.0 Å². The fourth-order valence-electron chi connectivity index (χ4n) is 2.22. The van der Waals surface area contributed by atoms with Gasteiger partial charge < -0.3 is 9.64 Å². The third kappa shape index (κ3) is 4.09. The van der Waals surface area contributed by atoms with E-state index in [1.54, 1.807) is 23.1 Å². The number of methoxy groups -OCH3 is 1. The highest BCUT2D eigenvalue weighted by Gasteiger charge is 2.33. The van der Waals surface area contributed by atoms with Crippen LogP contribution in [0.4, 0.5) is 5.69 Å². The van der Waals surface area contributed by atoms with Gasteiger partial charge >= 0.3 is 0 Å². The van der Waals surface area contributed by atoms with E-state index < -0.39 is 10.1 Å². The standard InChI is InChI=1S/C13H16ClNO5S/c1-19-12-4-3-10(14)6-11(12)15-7-9(5-13(15)16)8-20-21(2,17)18/h3-4,6,9H,5,7-8H2,1-2H3. The number of rotatable bonds is 5. The zero-order chi connectivity index (χ0) is 15.6. The number of benzene rings is 1. The lowest BCUT2D eigenvalue weighted by atomic mass is 10.1. The quantitative estimate of drug-likeness (QED) is 0.766. The molecule has 1 aromatic carbocycles. The Kier molecular flexibility index (Phi) is 4.75. The van der Waals surface area contributed by atoms with Crippen molar-refractivity contribution in [2.75, 3.05) is 31.4 Å². The number of carbonyl (C=O) groups excluding carboxylic acids is 1. The summed E-state index contributed by atoms with van der Waals surface area (Å²) in [5.41, 5.74) is 0.580. The van der Waals surface area contributed by atoms with Crippen molar-refractivity contribution in [3.8, 4) is 5.75 Å². The molecule has 6 nitrogen and oxygen atoms in total. The SMILES string of the molecule is COc1ccc(Cl)cc1N1CC(COS(C)(=O)=O)CC1=O. The van der Waals surface area contributed by atoms with Crippen LogP contribution < -0.4 is 9.64 Å². The number of hydrogen-bond donors (Lipinski definition) is 0. The normalized spacial score (nSPS) is 19.1. The second-order valence-electron chi connectivity index (χ2n) is 4.88. The van der Waals surface area contributed by atoms with Crippen LogP contribution in [0, 0.1) is 5.92 Å². The van der Waals surface area contributed by atoms with Gasteiger partial charge in [-0.05, 0) is 18.2 Å². The maximum Gasteiger partial charge on any atom is 0.264 e. The molecule has 0 aliphatic carbocycles. The van der Waals surface area contributed by atoms with Crippen molar-refractivity contribution >= 4 is 33.3 Å². The van der Waals surface area contributed by atoms with Gasteiger partial charge in [0.15, 0.2) is 0 Å². The molecular formula is C13H16ClNO5S. The molecule has 0 N–H and O–H groups in total. The Bertz CT molecular complexity index is 646. The summed E-state index contributed by atoms with van der Waals surface area (Å²) >= 11 is 5.96. The summed E-state index contributed by atoms with van der Waals surface area (Å²) in [6.45, 7) is 0.356. The molecular weight excluding hydrogens is 318 g/mol. The Labute approximate surface area is 128 Å². The molecule has 1 aromatic rings. The van der Waals surface area contributed by atoms with Crippen molar-refractivity contribution in [2.24, 2.45) is 5.92 Å². The largest absolute Gasteiger partial charge is 0.495 e. The molecule has 1 saturated heterocycles. The molecule has 0 bridgehead atoms. The van der Waals surface area contributed by atoms with Crippen LogP contribution in [0.15, 0.2) is 18.2 Å². The molecule has 1 fully saturated rings. The average Bonchev–Trinajstić information content (AvgIpc) is 2.77. The van der Waals surface area contributed by atoms with Crippen LogP contribution in [0.3, 0.4) is 0 Å². The van der Waals surface area contributed by atoms with E-state index in [4.69, 9.17) is 20.5 Å². The van der Waals surface area contributed by atoms with Crippen LogP contribution in [-0.4, -0.2) is 40.8 Å². The monoisotopic (exact) mass is 333 g/mol. The highest BCUT2D eigenvalue weighted by atomic mass is 35.5. The van der Waals surface area contributed by atoms with Crippen molar-refractivity contribution < 1.29 is 22.1 Å². The number of carbonyl (C=O) groups is 1. The molecule has 0 saturated carbocycles. The summed E-state index contributed by atoms with van der Waals surface area (Å²) in [5.74, 6) is 0.242. The number of ether oxygens (including phenoxy) is 1. The molecule has 0 aromatic heterocycles. The first-order valence-corrected chi connectivity index (χ1v) is 8.48. The Morgan fingerprint density at radius 1 is 1.43 bits per heavy atom. The van der Waals surface area contributed by atoms with Crippen molar-refractivity contribution in [2.45, 2.75) is 6.42 Å². The van der Waals surface area contributed by atoms with Gasteiger partial charge in [-0.25, -0.2) is 0 Å². The van der Waals surface area contributed by atoms with Crippen LogP contribution in [-0.2, 0) is 19.1 Å². The van der Waals surface area contributed by atoms with E-state index in [2.05, 4.69) is 0 Å². The average molecular weight is 334 g/mol. The topological polar surface area (TPSA) is 72.9 Å². The first kappa shape index (κ1) is 16.1. The molecule has 2 rings (SSSR count). The number of anilines is 1. The summed E-state index contributed by atoms with van der Waals surface area (Å²) in [7, 11) is -1.99. The van der Waals surface area contributed by atoms with Crippen LogP contribution >= 0.6 is 11.6 Å². The molecule has 116 valence electrons. The Morgan fingerprint density at radius 2 is 2.14 bits per heavy atom. The Hall–Kier alpha value is -1.31. The predicted molar refractivity (Wildman–Crippen MR) is 79.3 cm³/mol. The van der Waals surface area contributed by atoms with Crippen LogP contribution in [0.25, 0.3) is 0 Å². The zero-order valence-corrected chi connectivity index (χ0v) is 13.3. The Morgan fingerprint density at radius 3 is 2.76 bits per heavy atom. The third-order valence-electron chi connectivity index (χ3n) is 3.15. The number of amides is 1. The fourth-order valence-corrected chi connectivity index (χ4v) is 2.83. The van der Waals surface area contributed by atoms with Gasteiger partial charge in [-0.1, -0.05) is 11.6 Å². The lowest BCUT2D eigenvalue weighted by Gasteiger charge is -2.19. The van der Waals surface area contributed by atoms with Crippen molar-refractivity contribution in [1.29, 1.82) is 0 Å². The maximum absolute atomic E-state index is 12.1. The molecule has 1 aliphatic heterocycles. The van der Waals surface area contributed by atoms with E-state index in [-0.39, 0.29) is 24.9 Å². The zero-order valence-electron chi connectivity index (χ0n) is 11.7. The lowest BCUT2D eigenvalue weighted by Crippen LogP contribution is -2.25. The van der Waals surface area contributed by atoms with Gasteiger partial charge in [0.25, 0.3) is 10.1 Å². The van der Waals surface area contributed by atoms with Gasteiger partial charge in [-0.2, -0.15) is 8.42 Å². The van der Waals surface area contributed by atoms with Gasteiger partial charge in [0, 0.05) is 23.9 Å². The molecule has 1 aliphatic rings. The van der Waals surface area contributed by atoms with Crippen LogP contribution in [0.1, 0.15) is 6.42 Å². The number of nitrogens with zero attached hydrogens (tertiary/aromatic N) is 1. The summed E-state index contributed by atoms with van der Waals surface area (Å²) in [4.78, 5) is 13.7. The minimum absolute atomic E-state index is 0.00997. The van der Waals surface area contributed by atoms with Gasteiger partial charge in [-0.3, -0.25) is 8.98 Å².